The Morgan fingerprint density at radius 1 is 1.25 bits per heavy atom. The maximum Gasteiger partial charge on any atom is 0.242 e. The van der Waals surface area contributed by atoms with Crippen LogP contribution in [0.1, 0.15) is 41.0 Å². The van der Waals surface area contributed by atoms with E-state index in [1.54, 1.807) is 13.8 Å². The predicted molar refractivity (Wildman–Crippen MR) is 63.8 cm³/mol. The van der Waals surface area contributed by atoms with Gasteiger partial charge in [0.25, 0.3) is 0 Å². The number of rotatable bonds is 4. The van der Waals surface area contributed by atoms with Gasteiger partial charge in [-0.05, 0) is 34.6 Å². The van der Waals surface area contributed by atoms with E-state index in [0.29, 0.717) is 0 Å². The first-order chi connectivity index (χ1) is 7.11. The van der Waals surface area contributed by atoms with Crippen LogP contribution in [0.15, 0.2) is 0 Å². The van der Waals surface area contributed by atoms with Gasteiger partial charge in [-0.2, -0.15) is 0 Å². The fourth-order valence-electron chi connectivity index (χ4n) is 1.14. The summed E-state index contributed by atoms with van der Waals surface area (Å²) in [4.78, 5) is 23.0. The number of nitrogens with two attached hydrogens (primary N) is 1. The van der Waals surface area contributed by atoms with Crippen molar-refractivity contribution in [3.63, 3.8) is 0 Å². The van der Waals surface area contributed by atoms with Crippen LogP contribution in [0.3, 0.4) is 0 Å². The van der Waals surface area contributed by atoms with Gasteiger partial charge in [-0.25, -0.2) is 0 Å². The van der Waals surface area contributed by atoms with E-state index in [4.69, 9.17) is 5.73 Å². The molecule has 2 unspecified atom stereocenters. The zero-order chi connectivity index (χ0) is 12.9. The molecule has 5 heteroatoms. The standard InChI is InChI=1S/C11H23N3O2/c1-7(12)6-9(15)13-8(2)10(16)14-11(3,4)5/h7-8H,6,12H2,1-5H3,(H,13,15)(H,14,16). The summed E-state index contributed by atoms with van der Waals surface area (Å²) < 4.78 is 0. The molecule has 0 radical (unpaired) electrons. The predicted octanol–water partition coefficient (Wildman–Crippen LogP) is 0.143. The van der Waals surface area contributed by atoms with E-state index in [1.165, 1.54) is 0 Å². The molecule has 0 aliphatic rings. The van der Waals surface area contributed by atoms with E-state index < -0.39 is 6.04 Å². The minimum atomic E-state index is -0.537. The van der Waals surface area contributed by atoms with E-state index in [0.717, 1.165) is 0 Å². The number of hydrogen-bond acceptors (Lipinski definition) is 3. The lowest BCUT2D eigenvalue weighted by Gasteiger charge is -2.23. The largest absolute Gasteiger partial charge is 0.350 e. The molecule has 0 aliphatic carbocycles. The molecule has 16 heavy (non-hydrogen) atoms. The summed E-state index contributed by atoms with van der Waals surface area (Å²) >= 11 is 0. The summed E-state index contributed by atoms with van der Waals surface area (Å²) in [5.41, 5.74) is 5.19. The van der Waals surface area contributed by atoms with Crippen LogP contribution in [-0.2, 0) is 9.59 Å². The number of hydrogen-bond donors (Lipinski definition) is 3. The highest BCUT2D eigenvalue weighted by molar-refractivity contribution is 5.87. The molecule has 2 atom stereocenters. The van der Waals surface area contributed by atoms with Gasteiger partial charge in [0.1, 0.15) is 6.04 Å². The summed E-state index contributed by atoms with van der Waals surface area (Å²) in [5.74, 6) is -0.392. The maximum absolute atomic E-state index is 11.6. The summed E-state index contributed by atoms with van der Waals surface area (Å²) in [6.07, 6.45) is 0.229. The molecule has 0 heterocycles. The molecule has 0 aromatic heterocycles. The van der Waals surface area contributed by atoms with Gasteiger partial charge in [0, 0.05) is 18.0 Å². The molecule has 2 amide bonds. The molecule has 0 aromatic rings. The normalized spacial score (nSPS) is 15.1. The van der Waals surface area contributed by atoms with Gasteiger partial charge in [0.05, 0.1) is 0 Å². The van der Waals surface area contributed by atoms with Crippen molar-refractivity contribution in [1.29, 1.82) is 0 Å². The third-order valence-corrected chi connectivity index (χ3v) is 1.78. The molecule has 0 bridgehead atoms. The fraction of sp³-hybridized carbons (Fsp3) is 0.818. The zero-order valence-corrected chi connectivity index (χ0v) is 10.8. The van der Waals surface area contributed by atoms with E-state index in [-0.39, 0.29) is 29.8 Å². The van der Waals surface area contributed by atoms with Crippen LogP contribution < -0.4 is 16.4 Å². The first kappa shape index (κ1) is 14.9. The number of carbonyl (C=O) groups excluding carboxylic acids is 2. The minimum absolute atomic E-state index is 0.189. The zero-order valence-electron chi connectivity index (χ0n) is 10.8. The quantitative estimate of drug-likeness (QED) is 0.641. The number of amides is 2. The highest BCUT2D eigenvalue weighted by Crippen LogP contribution is 1.99. The highest BCUT2D eigenvalue weighted by Gasteiger charge is 2.20. The lowest BCUT2D eigenvalue weighted by Crippen LogP contribution is -2.51. The Bertz CT molecular complexity index is 256. The summed E-state index contributed by atoms with van der Waals surface area (Å²) in [6.45, 7) is 9.07. The summed E-state index contributed by atoms with van der Waals surface area (Å²) in [7, 11) is 0. The van der Waals surface area contributed by atoms with Crippen LogP contribution >= 0.6 is 0 Å². The molecule has 4 N–H and O–H groups in total. The third kappa shape index (κ3) is 7.23. The lowest BCUT2D eigenvalue weighted by atomic mass is 10.1. The van der Waals surface area contributed by atoms with E-state index >= 15 is 0 Å². The van der Waals surface area contributed by atoms with Crippen molar-refractivity contribution in [1.82, 2.24) is 10.6 Å². The van der Waals surface area contributed by atoms with Crippen LogP contribution in [-0.4, -0.2) is 29.4 Å². The first-order valence-corrected chi connectivity index (χ1v) is 5.49. The Hall–Kier alpha value is -1.10. The Kier molecular flexibility index (Phi) is 5.44. The van der Waals surface area contributed by atoms with Crippen LogP contribution in [0.5, 0.6) is 0 Å². The van der Waals surface area contributed by atoms with Crippen molar-refractivity contribution >= 4 is 11.8 Å². The second-order valence-electron chi connectivity index (χ2n) is 5.21. The van der Waals surface area contributed by atoms with Crippen molar-refractivity contribution < 1.29 is 9.59 Å². The SMILES string of the molecule is CC(N)CC(=O)NC(C)C(=O)NC(C)(C)C. The highest BCUT2D eigenvalue weighted by atomic mass is 16.2. The summed E-state index contributed by atoms with van der Waals surface area (Å²) in [5, 5.41) is 5.40. The van der Waals surface area contributed by atoms with Gasteiger partial charge in [0.2, 0.25) is 11.8 Å². The molecule has 0 fully saturated rings. The molecule has 5 nitrogen and oxygen atoms in total. The Morgan fingerprint density at radius 3 is 2.12 bits per heavy atom. The van der Waals surface area contributed by atoms with E-state index in [1.807, 2.05) is 20.8 Å². The third-order valence-electron chi connectivity index (χ3n) is 1.78. The second-order valence-corrected chi connectivity index (χ2v) is 5.21. The van der Waals surface area contributed by atoms with Gasteiger partial charge in [-0.3, -0.25) is 9.59 Å². The molecule has 0 rings (SSSR count). The molecule has 0 aromatic carbocycles. The van der Waals surface area contributed by atoms with Crippen LogP contribution in [0.25, 0.3) is 0 Å². The van der Waals surface area contributed by atoms with Crippen molar-refractivity contribution in [3.05, 3.63) is 0 Å². The topological polar surface area (TPSA) is 84.2 Å². The Labute approximate surface area is 97.2 Å². The van der Waals surface area contributed by atoms with Crippen molar-refractivity contribution in [2.24, 2.45) is 5.73 Å². The minimum Gasteiger partial charge on any atom is -0.350 e. The molecule has 94 valence electrons. The van der Waals surface area contributed by atoms with Crippen molar-refractivity contribution in [3.8, 4) is 0 Å². The van der Waals surface area contributed by atoms with Crippen molar-refractivity contribution in [2.75, 3.05) is 0 Å². The van der Waals surface area contributed by atoms with Crippen molar-refractivity contribution in [2.45, 2.75) is 58.7 Å². The average Bonchev–Trinajstić information content (AvgIpc) is 1.98. The van der Waals surface area contributed by atoms with Gasteiger partial charge < -0.3 is 16.4 Å². The second kappa shape index (κ2) is 5.84. The first-order valence-electron chi connectivity index (χ1n) is 5.49. The van der Waals surface area contributed by atoms with Crippen LogP contribution in [0.2, 0.25) is 0 Å². The van der Waals surface area contributed by atoms with E-state index in [9.17, 15) is 9.59 Å². The maximum atomic E-state index is 11.6. The van der Waals surface area contributed by atoms with Gasteiger partial charge in [-0.15, -0.1) is 0 Å². The monoisotopic (exact) mass is 229 g/mol. The van der Waals surface area contributed by atoms with Gasteiger partial charge in [-0.1, -0.05) is 0 Å². The van der Waals surface area contributed by atoms with Crippen LogP contribution in [0, 0.1) is 0 Å². The Balaban J connectivity index is 4.11. The smallest absolute Gasteiger partial charge is 0.242 e. The molecular formula is C11H23N3O2. The molecule has 0 saturated carbocycles. The molecule has 0 saturated heterocycles. The lowest BCUT2D eigenvalue weighted by molar-refractivity contribution is -0.129. The molecular weight excluding hydrogens is 206 g/mol. The van der Waals surface area contributed by atoms with Crippen LogP contribution in [0.4, 0.5) is 0 Å². The fourth-order valence-corrected chi connectivity index (χ4v) is 1.14. The molecule has 0 aliphatic heterocycles. The van der Waals surface area contributed by atoms with E-state index in [2.05, 4.69) is 10.6 Å². The molecule has 0 spiro atoms. The average molecular weight is 229 g/mol. The van der Waals surface area contributed by atoms with Gasteiger partial charge in [0.15, 0.2) is 0 Å². The Morgan fingerprint density at radius 2 is 1.75 bits per heavy atom. The number of carbonyl (C=O) groups is 2. The van der Waals surface area contributed by atoms with Gasteiger partial charge >= 0.3 is 0 Å². The number of nitrogens with one attached hydrogen (secondary N) is 2. The summed E-state index contributed by atoms with van der Waals surface area (Å²) in [6, 6.07) is -0.733.